The molecule has 7 nitrogen and oxygen atoms in total. The van der Waals surface area contributed by atoms with Crippen molar-refractivity contribution in [2.75, 3.05) is 23.4 Å². The van der Waals surface area contributed by atoms with Gasteiger partial charge in [-0.05, 0) is 78.4 Å². The van der Waals surface area contributed by atoms with Crippen LogP contribution in [0.4, 0.5) is 17.1 Å². The molecule has 1 amide bonds. The first-order chi connectivity index (χ1) is 18.7. The van der Waals surface area contributed by atoms with Gasteiger partial charge in [-0.3, -0.25) is 4.79 Å². The molecule has 0 aliphatic carbocycles. The molecule has 2 heterocycles. The molecule has 7 heteroatoms. The van der Waals surface area contributed by atoms with E-state index >= 15 is 0 Å². The second-order valence-electron chi connectivity index (χ2n) is 10.8. The lowest BCUT2D eigenvalue weighted by Crippen LogP contribution is -2.30. The molecule has 0 saturated carbocycles. The Kier molecular flexibility index (Phi) is 9.02. The quantitative estimate of drug-likeness (QED) is 0.149. The van der Waals surface area contributed by atoms with Crippen LogP contribution in [0.2, 0.25) is 0 Å². The maximum Gasteiger partial charge on any atom is 0.260 e. The molecule has 0 bridgehead atoms. The van der Waals surface area contributed by atoms with Crippen LogP contribution in [0, 0.1) is 0 Å². The Morgan fingerprint density at radius 3 is 2.41 bits per heavy atom. The highest BCUT2D eigenvalue weighted by Crippen LogP contribution is 2.51. The number of nitrogens with zero attached hydrogens (tertiary/aromatic N) is 1. The average Bonchev–Trinajstić information content (AvgIpc) is 3.37. The summed E-state index contributed by atoms with van der Waals surface area (Å²) < 4.78 is 5.73. The fraction of sp³-hybridized carbons (Fsp3) is 0.406. The molecule has 1 fully saturated rings. The molecule has 2 aliphatic rings. The highest BCUT2D eigenvalue weighted by molar-refractivity contribution is 6.15. The predicted molar refractivity (Wildman–Crippen MR) is 156 cm³/mol. The Morgan fingerprint density at radius 2 is 1.72 bits per heavy atom. The SMILES string of the molecule is CC(C)=CCCC(C)=CCCC(C)=CCN1C(=O)c2cccc(O)c2Nc2c1cc(O)c(C1CCCO1)c2O. The van der Waals surface area contributed by atoms with Crippen molar-refractivity contribution in [2.24, 2.45) is 0 Å². The van der Waals surface area contributed by atoms with Gasteiger partial charge in [0.1, 0.15) is 17.2 Å². The Labute approximate surface area is 231 Å². The molecular weight excluding hydrogens is 492 g/mol. The zero-order valence-corrected chi connectivity index (χ0v) is 23.4. The van der Waals surface area contributed by atoms with Gasteiger partial charge in [-0.25, -0.2) is 0 Å². The summed E-state index contributed by atoms with van der Waals surface area (Å²) >= 11 is 0. The summed E-state index contributed by atoms with van der Waals surface area (Å²) in [5.41, 5.74) is 5.24. The summed E-state index contributed by atoms with van der Waals surface area (Å²) in [4.78, 5) is 15.2. The van der Waals surface area contributed by atoms with Crippen molar-refractivity contribution in [1.82, 2.24) is 0 Å². The fourth-order valence-corrected chi connectivity index (χ4v) is 5.11. The minimum Gasteiger partial charge on any atom is -0.507 e. The number of phenols is 3. The Bertz CT molecular complexity index is 1310. The standard InChI is InChI=1S/C32H40N2O5/c1-20(2)9-5-10-21(3)11-6-12-22(4)16-17-34-24-19-26(36)28(27-15-8-18-39-27)31(37)30(24)33-29-23(32(34)38)13-7-14-25(29)35/h7,9,11,13-14,16,19,27,33,35-37H,5-6,8,10,12,15,17-18H2,1-4H3. The van der Waals surface area contributed by atoms with Crippen LogP contribution >= 0.6 is 0 Å². The van der Waals surface area contributed by atoms with Gasteiger partial charge in [0.2, 0.25) is 0 Å². The molecule has 4 rings (SSSR count). The number of aromatic hydroxyl groups is 3. The fourth-order valence-electron chi connectivity index (χ4n) is 5.11. The lowest BCUT2D eigenvalue weighted by atomic mass is 10.0. The highest BCUT2D eigenvalue weighted by Gasteiger charge is 2.34. The minimum absolute atomic E-state index is 0.0988. The molecule has 39 heavy (non-hydrogen) atoms. The van der Waals surface area contributed by atoms with E-state index in [2.05, 4.69) is 38.2 Å². The van der Waals surface area contributed by atoms with Gasteiger partial charge in [-0.1, -0.05) is 41.0 Å². The third kappa shape index (κ3) is 6.48. The van der Waals surface area contributed by atoms with E-state index in [1.165, 1.54) is 28.2 Å². The number of amides is 1. The molecule has 0 aromatic heterocycles. The summed E-state index contributed by atoms with van der Waals surface area (Å²) in [6, 6.07) is 6.25. The van der Waals surface area contributed by atoms with E-state index in [1.54, 1.807) is 12.1 Å². The van der Waals surface area contributed by atoms with Gasteiger partial charge < -0.3 is 30.3 Å². The molecule has 2 aromatic carbocycles. The van der Waals surface area contributed by atoms with Gasteiger partial charge in [-0.2, -0.15) is 0 Å². The van der Waals surface area contributed by atoms with E-state index in [1.807, 2.05) is 13.0 Å². The van der Waals surface area contributed by atoms with Crippen LogP contribution in [-0.2, 0) is 4.74 Å². The lowest BCUT2D eigenvalue weighted by Gasteiger charge is -2.25. The Hall–Kier alpha value is -3.71. The van der Waals surface area contributed by atoms with Gasteiger partial charge in [0, 0.05) is 19.2 Å². The smallest absolute Gasteiger partial charge is 0.260 e. The van der Waals surface area contributed by atoms with Gasteiger partial charge in [0.25, 0.3) is 5.91 Å². The van der Waals surface area contributed by atoms with Crippen LogP contribution in [0.15, 0.2) is 59.2 Å². The van der Waals surface area contributed by atoms with Gasteiger partial charge in [0.15, 0.2) is 5.75 Å². The molecular formula is C32H40N2O5. The highest BCUT2D eigenvalue weighted by atomic mass is 16.5. The average molecular weight is 533 g/mol. The topological polar surface area (TPSA) is 102 Å². The first kappa shape index (κ1) is 28.3. The first-order valence-electron chi connectivity index (χ1n) is 13.7. The lowest BCUT2D eigenvalue weighted by molar-refractivity contribution is 0.0991. The van der Waals surface area contributed by atoms with E-state index in [9.17, 15) is 20.1 Å². The van der Waals surface area contributed by atoms with Crippen molar-refractivity contribution in [2.45, 2.75) is 72.3 Å². The van der Waals surface area contributed by atoms with E-state index in [0.29, 0.717) is 24.3 Å². The Morgan fingerprint density at radius 1 is 1.00 bits per heavy atom. The maximum absolute atomic E-state index is 13.7. The molecule has 1 saturated heterocycles. The van der Waals surface area contributed by atoms with Crippen molar-refractivity contribution in [1.29, 1.82) is 0 Å². The van der Waals surface area contributed by atoms with E-state index < -0.39 is 6.10 Å². The first-order valence-corrected chi connectivity index (χ1v) is 13.7. The molecule has 208 valence electrons. The molecule has 2 aromatic rings. The third-order valence-corrected chi connectivity index (χ3v) is 7.35. The number of carbonyl (C=O) groups is 1. The van der Waals surface area contributed by atoms with Crippen LogP contribution in [0.1, 0.15) is 88.2 Å². The second kappa shape index (κ2) is 12.4. The van der Waals surface area contributed by atoms with Crippen molar-refractivity contribution in [3.8, 4) is 17.2 Å². The van der Waals surface area contributed by atoms with Crippen molar-refractivity contribution in [3.05, 3.63) is 70.3 Å². The van der Waals surface area contributed by atoms with Gasteiger partial charge >= 0.3 is 0 Å². The number of nitrogens with one attached hydrogen (secondary N) is 1. The summed E-state index contributed by atoms with van der Waals surface area (Å²) in [5, 5.41) is 35.9. The largest absolute Gasteiger partial charge is 0.507 e. The van der Waals surface area contributed by atoms with Gasteiger partial charge in [0.05, 0.1) is 28.6 Å². The van der Waals surface area contributed by atoms with Crippen molar-refractivity contribution in [3.63, 3.8) is 0 Å². The number of ether oxygens (including phenoxy) is 1. The molecule has 0 spiro atoms. The number of allylic oxidation sites excluding steroid dienone is 5. The number of anilines is 3. The molecule has 1 unspecified atom stereocenters. The van der Waals surface area contributed by atoms with Crippen LogP contribution in [0.5, 0.6) is 17.2 Å². The monoisotopic (exact) mass is 532 g/mol. The summed E-state index contributed by atoms with van der Waals surface area (Å²) in [5.74, 6) is -0.740. The number of carbonyl (C=O) groups excluding carboxylic acids is 1. The Balaban J connectivity index is 1.61. The van der Waals surface area contributed by atoms with E-state index in [4.69, 9.17) is 4.74 Å². The number of hydrogen-bond acceptors (Lipinski definition) is 6. The maximum atomic E-state index is 13.7. The molecule has 2 aliphatic heterocycles. The molecule has 0 radical (unpaired) electrons. The second-order valence-corrected chi connectivity index (χ2v) is 10.8. The summed E-state index contributed by atoms with van der Waals surface area (Å²) in [6.07, 6.45) is 11.5. The van der Waals surface area contributed by atoms with Crippen LogP contribution in [0.3, 0.4) is 0 Å². The normalized spacial score (nSPS) is 17.4. The van der Waals surface area contributed by atoms with Crippen molar-refractivity contribution >= 4 is 23.0 Å². The third-order valence-electron chi connectivity index (χ3n) is 7.35. The van der Waals surface area contributed by atoms with Crippen LogP contribution in [-0.4, -0.2) is 34.4 Å². The van der Waals surface area contributed by atoms with Crippen LogP contribution in [0.25, 0.3) is 0 Å². The minimum atomic E-state index is -0.436. The van der Waals surface area contributed by atoms with Crippen LogP contribution < -0.4 is 10.2 Å². The van der Waals surface area contributed by atoms with Crippen molar-refractivity contribution < 1.29 is 24.9 Å². The zero-order valence-electron chi connectivity index (χ0n) is 23.4. The summed E-state index contributed by atoms with van der Waals surface area (Å²) in [6.45, 7) is 9.23. The molecule has 1 atom stereocenters. The number of rotatable bonds is 9. The number of benzene rings is 2. The number of fused-ring (bicyclic) bond motifs is 2. The van der Waals surface area contributed by atoms with E-state index in [-0.39, 0.29) is 46.6 Å². The summed E-state index contributed by atoms with van der Waals surface area (Å²) in [7, 11) is 0. The number of hydrogen-bond donors (Lipinski definition) is 4. The molecule has 4 N–H and O–H groups in total. The van der Waals surface area contributed by atoms with E-state index in [0.717, 1.165) is 37.7 Å². The number of para-hydroxylation sites is 1. The predicted octanol–water partition coefficient (Wildman–Crippen LogP) is 7.78. The van der Waals surface area contributed by atoms with Gasteiger partial charge in [-0.15, -0.1) is 0 Å². The number of phenolic OH excluding ortho intramolecular Hbond substituents is 3. The zero-order chi connectivity index (χ0) is 28.1.